The van der Waals surface area contributed by atoms with E-state index in [1.54, 1.807) is 12.1 Å². The lowest BCUT2D eigenvalue weighted by molar-refractivity contribution is 0.279. The molecule has 2 atom stereocenters. The molecule has 0 radical (unpaired) electrons. The minimum absolute atomic E-state index is 0.347. The van der Waals surface area contributed by atoms with Crippen LogP contribution >= 0.6 is 0 Å². The Balaban J connectivity index is 1.57. The van der Waals surface area contributed by atoms with Crippen LogP contribution in [0.3, 0.4) is 0 Å². The summed E-state index contributed by atoms with van der Waals surface area (Å²) in [6, 6.07) is 15.7. The van der Waals surface area contributed by atoms with Gasteiger partial charge in [0, 0.05) is 36.3 Å². The second kappa shape index (κ2) is 8.18. The topological polar surface area (TPSA) is 64.5 Å². The zero-order chi connectivity index (χ0) is 16.8. The summed E-state index contributed by atoms with van der Waals surface area (Å²) in [4.78, 5) is 0. The predicted octanol–water partition coefficient (Wildman–Crippen LogP) is 3.29. The number of aromatic hydroxyl groups is 2. The van der Waals surface area contributed by atoms with Crippen molar-refractivity contribution in [2.24, 2.45) is 0 Å². The highest BCUT2D eigenvalue weighted by Gasteiger charge is 2.24. The smallest absolute Gasteiger partial charge is 0.120 e. The largest absolute Gasteiger partial charge is 0.508 e. The first-order chi connectivity index (χ1) is 11.7. The Morgan fingerprint density at radius 3 is 1.54 bits per heavy atom. The van der Waals surface area contributed by atoms with E-state index in [0.717, 1.165) is 24.0 Å². The highest BCUT2D eigenvalue weighted by molar-refractivity contribution is 5.32. The van der Waals surface area contributed by atoms with Crippen LogP contribution in [0.5, 0.6) is 11.5 Å². The predicted molar refractivity (Wildman–Crippen MR) is 95.9 cm³/mol. The van der Waals surface area contributed by atoms with Gasteiger partial charge in [0.05, 0.1) is 0 Å². The van der Waals surface area contributed by atoms with Crippen molar-refractivity contribution in [3.8, 4) is 11.5 Å². The monoisotopic (exact) mass is 326 g/mol. The number of benzene rings is 2. The second-order valence-electron chi connectivity index (χ2n) is 6.52. The molecule has 0 bridgehead atoms. The lowest BCUT2D eigenvalue weighted by Gasteiger charge is -2.33. The third-order valence-electron chi connectivity index (χ3n) is 4.86. The van der Waals surface area contributed by atoms with E-state index in [1.165, 1.54) is 12.8 Å². The van der Waals surface area contributed by atoms with E-state index in [-0.39, 0.29) is 0 Å². The second-order valence-corrected chi connectivity index (χ2v) is 6.52. The summed E-state index contributed by atoms with van der Waals surface area (Å²) in [5, 5.41) is 27.0. The van der Waals surface area contributed by atoms with E-state index in [0.29, 0.717) is 36.7 Å². The van der Waals surface area contributed by atoms with Gasteiger partial charge in [0.25, 0.3) is 0 Å². The van der Waals surface area contributed by atoms with Crippen molar-refractivity contribution in [3.05, 3.63) is 59.7 Å². The van der Waals surface area contributed by atoms with E-state index in [1.807, 2.05) is 36.4 Å². The maximum atomic E-state index is 9.91. The number of phenols is 2. The molecule has 1 aliphatic rings. The summed E-state index contributed by atoms with van der Waals surface area (Å²) in [6.07, 6.45) is 4.72. The lowest BCUT2D eigenvalue weighted by atomic mass is 9.90. The Morgan fingerprint density at radius 1 is 0.708 bits per heavy atom. The molecular formula is C20H26N2O2. The molecule has 4 nitrogen and oxygen atoms in total. The molecule has 0 heterocycles. The van der Waals surface area contributed by atoms with E-state index in [4.69, 9.17) is 0 Å². The molecule has 128 valence electrons. The van der Waals surface area contributed by atoms with Gasteiger partial charge >= 0.3 is 0 Å². The van der Waals surface area contributed by atoms with Gasteiger partial charge in [-0.1, -0.05) is 49.2 Å². The van der Waals surface area contributed by atoms with Crippen LogP contribution < -0.4 is 10.6 Å². The third-order valence-corrected chi connectivity index (χ3v) is 4.86. The SMILES string of the molecule is Oc1ccccc1CN[C@H]1CCCC[C@@H]1NCc1ccccc1O. The summed E-state index contributed by atoms with van der Waals surface area (Å²) in [7, 11) is 0. The molecule has 0 unspecified atom stereocenters. The highest BCUT2D eigenvalue weighted by atomic mass is 16.3. The molecule has 1 fully saturated rings. The molecule has 4 N–H and O–H groups in total. The summed E-state index contributed by atoms with van der Waals surface area (Å²) in [5.41, 5.74) is 1.87. The number of hydrogen-bond donors (Lipinski definition) is 4. The van der Waals surface area contributed by atoms with Crippen LogP contribution in [0.1, 0.15) is 36.8 Å². The van der Waals surface area contributed by atoms with Crippen molar-refractivity contribution in [1.29, 1.82) is 0 Å². The molecule has 2 aromatic rings. The van der Waals surface area contributed by atoms with Crippen LogP contribution in [0.4, 0.5) is 0 Å². The van der Waals surface area contributed by atoms with Gasteiger partial charge in [-0.15, -0.1) is 0 Å². The average Bonchev–Trinajstić information content (AvgIpc) is 2.61. The molecule has 2 aromatic carbocycles. The summed E-state index contributed by atoms with van der Waals surface area (Å²) < 4.78 is 0. The van der Waals surface area contributed by atoms with Gasteiger partial charge in [-0.05, 0) is 25.0 Å². The maximum Gasteiger partial charge on any atom is 0.120 e. The number of rotatable bonds is 6. The van der Waals surface area contributed by atoms with Crippen molar-refractivity contribution >= 4 is 0 Å². The summed E-state index contributed by atoms with van der Waals surface area (Å²) in [5.74, 6) is 0.694. The minimum Gasteiger partial charge on any atom is -0.508 e. The first-order valence-corrected chi connectivity index (χ1v) is 8.74. The number of nitrogens with one attached hydrogen (secondary N) is 2. The van der Waals surface area contributed by atoms with E-state index in [2.05, 4.69) is 10.6 Å². The molecule has 0 aliphatic heterocycles. The van der Waals surface area contributed by atoms with Gasteiger partial charge in [-0.2, -0.15) is 0 Å². The Labute approximate surface area is 143 Å². The van der Waals surface area contributed by atoms with Gasteiger partial charge in [0.2, 0.25) is 0 Å². The highest BCUT2D eigenvalue weighted by Crippen LogP contribution is 2.22. The van der Waals surface area contributed by atoms with Gasteiger partial charge in [-0.25, -0.2) is 0 Å². The van der Waals surface area contributed by atoms with E-state index >= 15 is 0 Å². The van der Waals surface area contributed by atoms with Crippen molar-refractivity contribution < 1.29 is 10.2 Å². The van der Waals surface area contributed by atoms with Crippen molar-refractivity contribution in [1.82, 2.24) is 10.6 Å². The number of para-hydroxylation sites is 2. The molecule has 24 heavy (non-hydrogen) atoms. The molecule has 0 amide bonds. The summed E-state index contributed by atoms with van der Waals surface area (Å²) >= 11 is 0. The molecule has 0 aromatic heterocycles. The number of hydrogen-bond acceptors (Lipinski definition) is 4. The van der Waals surface area contributed by atoms with Crippen LogP contribution in [0, 0.1) is 0 Å². The Kier molecular flexibility index (Phi) is 5.72. The molecule has 3 rings (SSSR count). The summed E-state index contributed by atoms with van der Waals surface area (Å²) in [6.45, 7) is 1.35. The molecule has 1 aliphatic carbocycles. The Hall–Kier alpha value is -2.04. The zero-order valence-corrected chi connectivity index (χ0v) is 13.9. The van der Waals surface area contributed by atoms with Gasteiger partial charge in [0.1, 0.15) is 11.5 Å². The molecule has 4 heteroatoms. The molecular weight excluding hydrogens is 300 g/mol. The van der Waals surface area contributed by atoms with E-state index in [9.17, 15) is 10.2 Å². The third kappa shape index (κ3) is 4.28. The van der Waals surface area contributed by atoms with E-state index < -0.39 is 0 Å². The first-order valence-electron chi connectivity index (χ1n) is 8.74. The zero-order valence-electron chi connectivity index (χ0n) is 13.9. The van der Waals surface area contributed by atoms with Crippen LogP contribution in [0.15, 0.2) is 48.5 Å². The number of phenolic OH excluding ortho intramolecular Hbond substituents is 2. The van der Waals surface area contributed by atoms with Gasteiger partial charge in [-0.3, -0.25) is 0 Å². The molecule has 0 saturated heterocycles. The van der Waals surface area contributed by atoms with Crippen molar-refractivity contribution in [3.63, 3.8) is 0 Å². The Bertz CT molecular complexity index is 602. The van der Waals surface area contributed by atoms with Gasteiger partial charge in [0.15, 0.2) is 0 Å². The normalized spacial score (nSPS) is 20.8. The fourth-order valence-electron chi connectivity index (χ4n) is 3.42. The van der Waals surface area contributed by atoms with Gasteiger partial charge < -0.3 is 20.8 Å². The van der Waals surface area contributed by atoms with Crippen LogP contribution in [0.25, 0.3) is 0 Å². The fourth-order valence-corrected chi connectivity index (χ4v) is 3.42. The molecule has 1 saturated carbocycles. The maximum absolute atomic E-state index is 9.91. The Morgan fingerprint density at radius 2 is 1.12 bits per heavy atom. The van der Waals surface area contributed by atoms with Crippen molar-refractivity contribution in [2.75, 3.05) is 0 Å². The first kappa shape index (κ1) is 16.8. The standard InChI is InChI=1S/C20H26N2O2/c23-19-11-5-1-7-15(19)13-21-17-9-3-4-10-18(17)22-14-16-8-2-6-12-20(16)24/h1-2,5-8,11-12,17-18,21-24H,3-4,9-10,13-14H2/t17-,18-/m0/s1. The minimum atomic E-state index is 0.347. The lowest BCUT2D eigenvalue weighted by Crippen LogP contribution is -2.49. The van der Waals surface area contributed by atoms with Crippen LogP contribution in [-0.4, -0.2) is 22.3 Å². The van der Waals surface area contributed by atoms with Crippen LogP contribution in [-0.2, 0) is 13.1 Å². The quantitative estimate of drug-likeness (QED) is 0.658. The average molecular weight is 326 g/mol. The molecule has 0 spiro atoms. The van der Waals surface area contributed by atoms with Crippen molar-refractivity contribution in [2.45, 2.75) is 50.9 Å². The fraction of sp³-hybridized carbons (Fsp3) is 0.400. The van der Waals surface area contributed by atoms with Crippen LogP contribution in [0.2, 0.25) is 0 Å².